The number of anilines is 2. The van der Waals surface area contributed by atoms with Crippen molar-refractivity contribution in [1.29, 1.82) is 0 Å². The molecule has 0 saturated heterocycles. The fourth-order valence-electron chi connectivity index (χ4n) is 1.74. The van der Waals surface area contributed by atoms with E-state index in [4.69, 9.17) is 0 Å². The zero-order valence-electron chi connectivity index (χ0n) is 10.1. The fraction of sp³-hybridized carbons (Fsp3) is 0.214. The van der Waals surface area contributed by atoms with Crippen LogP contribution in [0.1, 0.15) is 18.2 Å². The molecule has 17 heavy (non-hydrogen) atoms. The number of benzene rings is 1. The number of H-pyrrole nitrogens is 1. The molecule has 0 aliphatic heterocycles. The van der Waals surface area contributed by atoms with Gasteiger partial charge in [0.05, 0.1) is 5.69 Å². The third kappa shape index (κ3) is 2.56. The molecule has 0 amide bonds. The van der Waals surface area contributed by atoms with Crippen LogP contribution in [0, 0.1) is 6.92 Å². The first-order valence-electron chi connectivity index (χ1n) is 5.75. The normalized spacial score (nSPS) is 10.2. The van der Waals surface area contributed by atoms with Gasteiger partial charge in [0.2, 0.25) is 0 Å². The average Bonchev–Trinajstić information content (AvgIpc) is 2.34. The van der Waals surface area contributed by atoms with Crippen molar-refractivity contribution in [1.82, 2.24) is 4.98 Å². The first kappa shape index (κ1) is 11.5. The maximum absolute atomic E-state index is 11.6. The minimum atomic E-state index is 0.00334. The van der Waals surface area contributed by atoms with Crippen molar-refractivity contribution in [2.45, 2.75) is 20.3 Å². The number of pyridine rings is 1. The number of aromatic nitrogens is 1. The van der Waals surface area contributed by atoms with Gasteiger partial charge in [-0.15, -0.1) is 0 Å². The predicted molar refractivity (Wildman–Crippen MR) is 70.9 cm³/mol. The Balaban J connectivity index is 2.36. The van der Waals surface area contributed by atoms with Crippen molar-refractivity contribution in [3.63, 3.8) is 0 Å². The number of aryl methyl sites for hydroxylation is 2. The van der Waals surface area contributed by atoms with E-state index in [1.165, 1.54) is 0 Å². The Morgan fingerprint density at radius 1 is 1.24 bits per heavy atom. The lowest BCUT2D eigenvalue weighted by Gasteiger charge is -2.10. The Hall–Kier alpha value is -2.03. The average molecular weight is 228 g/mol. The molecule has 3 nitrogen and oxygen atoms in total. The summed E-state index contributed by atoms with van der Waals surface area (Å²) in [7, 11) is 0. The highest BCUT2D eigenvalue weighted by molar-refractivity contribution is 5.61. The maximum atomic E-state index is 11.6. The fourth-order valence-corrected chi connectivity index (χ4v) is 1.74. The van der Waals surface area contributed by atoms with Crippen LogP contribution in [0.4, 0.5) is 11.4 Å². The van der Waals surface area contributed by atoms with Crippen molar-refractivity contribution in [3.05, 3.63) is 58.0 Å². The monoisotopic (exact) mass is 228 g/mol. The lowest BCUT2D eigenvalue weighted by atomic mass is 10.1. The SMILES string of the molecule is CCc1cc(Nc2ccccc2)c(C)[nH]c1=O. The van der Waals surface area contributed by atoms with Crippen LogP contribution in [-0.2, 0) is 6.42 Å². The molecule has 0 aliphatic carbocycles. The van der Waals surface area contributed by atoms with E-state index < -0.39 is 0 Å². The van der Waals surface area contributed by atoms with E-state index in [0.717, 1.165) is 29.1 Å². The number of para-hydroxylation sites is 1. The summed E-state index contributed by atoms with van der Waals surface area (Å²) in [6, 6.07) is 11.8. The second kappa shape index (κ2) is 4.87. The lowest BCUT2D eigenvalue weighted by Crippen LogP contribution is -2.14. The Kier molecular flexibility index (Phi) is 3.28. The van der Waals surface area contributed by atoms with Gasteiger partial charge < -0.3 is 10.3 Å². The summed E-state index contributed by atoms with van der Waals surface area (Å²) in [5.74, 6) is 0. The maximum Gasteiger partial charge on any atom is 0.251 e. The van der Waals surface area contributed by atoms with Crippen molar-refractivity contribution >= 4 is 11.4 Å². The van der Waals surface area contributed by atoms with Crippen LogP contribution in [0.15, 0.2) is 41.2 Å². The molecule has 1 heterocycles. The standard InChI is InChI=1S/C14H16N2O/c1-3-11-9-13(10(2)15-14(11)17)16-12-7-5-4-6-8-12/h4-9,16H,3H2,1-2H3,(H,15,17). The molecule has 2 aromatic rings. The Morgan fingerprint density at radius 3 is 2.59 bits per heavy atom. The summed E-state index contributed by atoms with van der Waals surface area (Å²) in [4.78, 5) is 14.5. The summed E-state index contributed by atoms with van der Waals surface area (Å²) >= 11 is 0. The van der Waals surface area contributed by atoms with Crippen molar-refractivity contribution in [3.8, 4) is 0 Å². The van der Waals surface area contributed by atoms with Gasteiger partial charge in [0, 0.05) is 16.9 Å². The van der Waals surface area contributed by atoms with Gasteiger partial charge in [-0.3, -0.25) is 4.79 Å². The lowest BCUT2D eigenvalue weighted by molar-refractivity contribution is 1.03. The zero-order valence-corrected chi connectivity index (χ0v) is 10.1. The Labute approximate surface area is 101 Å². The van der Waals surface area contributed by atoms with Gasteiger partial charge in [0.25, 0.3) is 5.56 Å². The molecular weight excluding hydrogens is 212 g/mol. The molecule has 1 aromatic heterocycles. The van der Waals surface area contributed by atoms with Crippen LogP contribution in [0.3, 0.4) is 0 Å². The number of hydrogen-bond donors (Lipinski definition) is 2. The quantitative estimate of drug-likeness (QED) is 0.848. The second-order valence-electron chi connectivity index (χ2n) is 4.01. The molecule has 0 spiro atoms. The van der Waals surface area contributed by atoms with Gasteiger partial charge in [-0.2, -0.15) is 0 Å². The number of hydrogen-bond acceptors (Lipinski definition) is 2. The van der Waals surface area contributed by atoms with Gasteiger partial charge >= 0.3 is 0 Å². The molecule has 1 aromatic carbocycles. The van der Waals surface area contributed by atoms with Gasteiger partial charge in [-0.25, -0.2) is 0 Å². The Bertz CT molecular complexity index is 558. The van der Waals surface area contributed by atoms with Crippen LogP contribution < -0.4 is 10.9 Å². The molecule has 2 N–H and O–H groups in total. The number of rotatable bonds is 3. The minimum absolute atomic E-state index is 0.00334. The summed E-state index contributed by atoms with van der Waals surface area (Å²) < 4.78 is 0. The van der Waals surface area contributed by atoms with Crippen LogP contribution in [-0.4, -0.2) is 4.98 Å². The van der Waals surface area contributed by atoms with E-state index in [1.54, 1.807) is 0 Å². The van der Waals surface area contributed by atoms with E-state index >= 15 is 0 Å². The highest BCUT2D eigenvalue weighted by Crippen LogP contribution is 2.18. The number of aromatic amines is 1. The van der Waals surface area contributed by atoms with Gasteiger partial charge in [0.1, 0.15) is 0 Å². The first-order chi connectivity index (χ1) is 8.20. The number of nitrogens with one attached hydrogen (secondary N) is 2. The molecule has 88 valence electrons. The van der Waals surface area contributed by atoms with Crippen LogP contribution >= 0.6 is 0 Å². The zero-order chi connectivity index (χ0) is 12.3. The third-order valence-electron chi connectivity index (χ3n) is 2.75. The molecule has 2 rings (SSSR count). The van der Waals surface area contributed by atoms with Crippen LogP contribution in [0.25, 0.3) is 0 Å². The summed E-state index contributed by atoms with van der Waals surface area (Å²) in [6.07, 6.45) is 0.735. The van der Waals surface area contributed by atoms with E-state index in [1.807, 2.05) is 50.2 Å². The van der Waals surface area contributed by atoms with Gasteiger partial charge in [0.15, 0.2) is 0 Å². The van der Waals surface area contributed by atoms with Crippen molar-refractivity contribution in [2.24, 2.45) is 0 Å². The van der Waals surface area contributed by atoms with E-state index in [-0.39, 0.29) is 5.56 Å². The second-order valence-corrected chi connectivity index (χ2v) is 4.01. The molecule has 0 atom stereocenters. The smallest absolute Gasteiger partial charge is 0.251 e. The highest BCUT2D eigenvalue weighted by atomic mass is 16.1. The summed E-state index contributed by atoms with van der Waals surface area (Å²) in [6.45, 7) is 3.87. The highest BCUT2D eigenvalue weighted by Gasteiger charge is 2.04. The molecular formula is C14H16N2O. The molecule has 0 saturated carbocycles. The molecule has 0 aliphatic rings. The van der Waals surface area contributed by atoms with Crippen LogP contribution in [0.2, 0.25) is 0 Å². The van der Waals surface area contributed by atoms with E-state index in [0.29, 0.717) is 0 Å². The summed E-state index contributed by atoms with van der Waals surface area (Å²) in [5.41, 5.74) is 3.63. The first-order valence-corrected chi connectivity index (χ1v) is 5.75. The van der Waals surface area contributed by atoms with Gasteiger partial charge in [-0.05, 0) is 31.5 Å². The van der Waals surface area contributed by atoms with Crippen molar-refractivity contribution in [2.75, 3.05) is 5.32 Å². The van der Waals surface area contributed by atoms with Crippen LogP contribution in [0.5, 0.6) is 0 Å². The Morgan fingerprint density at radius 2 is 1.94 bits per heavy atom. The van der Waals surface area contributed by atoms with Crippen molar-refractivity contribution < 1.29 is 0 Å². The van der Waals surface area contributed by atoms with E-state index in [9.17, 15) is 4.79 Å². The molecule has 0 radical (unpaired) electrons. The van der Waals surface area contributed by atoms with Gasteiger partial charge in [-0.1, -0.05) is 25.1 Å². The topological polar surface area (TPSA) is 44.9 Å². The molecule has 0 unspecified atom stereocenters. The predicted octanol–water partition coefficient (Wildman–Crippen LogP) is 2.99. The molecule has 0 fully saturated rings. The molecule has 0 bridgehead atoms. The molecule has 3 heteroatoms. The van der Waals surface area contributed by atoms with E-state index in [2.05, 4.69) is 10.3 Å². The summed E-state index contributed by atoms with van der Waals surface area (Å²) in [5, 5.41) is 3.30. The minimum Gasteiger partial charge on any atom is -0.354 e. The third-order valence-corrected chi connectivity index (χ3v) is 2.75. The largest absolute Gasteiger partial charge is 0.354 e.